The third kappa shape index (κ3) is 4.00. The van der Waals surface area contributed by atoms with Gasteiger partial charge < -0.3 is 0 Å². The van der Waals surface area contributed by atoms with Crippen molar-refractivity contribution in [2.24, 2.45) is 4.99 Å². The van der Waals surface area contributed by atoms with Crippen molar-refractivity contribution in [3.8, 4) is 0 Å². The molecule has 148 valence electrons. The molecule has 0 bridgehead atoms. The second kappa shape index (κ2) is 8.28. The van der Waals surface area contributed by atoms with Gasteiger partial charge in [0.2, 0.25) is 5.78 Å². The number of hydrogen-bond donors (Lipinski definition) is 0. The lowest BCUT2D eigenvalue weighted by Crippen LogP contribution is -2.20. The van der Waals surface area contributed by atoms with Gasteiger partial charge in [0, 0.05) is 16.7 Å². The van der Waals surface area contributed by atoms with Gasteiger partial charge in [0.05, 0.1) is 5.71 Å². The zero-order valence-corrected chi connectivity index (χ0v) is 17.1. The number of rotatable bonds is 4. The molecule has 1 aromatic carbocycles. The first-order valence-corrected chi connectivity index (χ1v) is 10.6. The van der Waals surface area contributed by atoms with Crippen LogP contribution in [0.5, 0.6) is 0 Å². The first-order valence-electron chi connectivity index (χ1n) is 10.6. The molecular formula is C26H27NO2. The summed E-state index contributed by atoms with van der Waals surface area (Å²) in [5, 5.41) is 0. The summed E-state index contributed by atoms with van der Waals surface area (Å²) < 4.78 is 0. The van der Waals surface area contributed by atoms with Crippen LogP contribution in [-0.4, -0.2) is 17.3 Å². The van der Waals surface area contributed by atoms with Crippen molar-refractivity contribution in [3.63, 3.8) is 0 Å². The molecule has 3 aliphatic carbocycles. The number of carbonyl (C=O) groups excluding carboxylic acids is 2. The largest absolute Gasteiger partial charge is 0.289 e. The Morgan fingerprint density at radius 3 is 1.97 bits per heavy atom. The van der Waals surface area contributed by atoms with Gasteiger partial charge in [0.25, 0.3) is 0 Å². The maximum atomic E-state index is 13.1. The van der Waals surface area contributed by atoms with Crippen molar-refractivity contribution in [1.82, 2.24) is 0 Å². The molecule has 0 unspecified atom stereocenters. The number of aliphatic imine (C=N–C) groups is 1. The smallest absolute Gasteiger partial charge is 0.212 e. The van der Waals surface area contributed by atoms with Gasteiger partial charge in [-0.15, -0.1) is 0 Å². The topological polar surface area (TPSA) is 46.5 Å². The Labute approximate surface area is 172 Å². The van der Waals surface area contributed by atoms with Crippen LogP contribution in [0.1, 0.15) is 79.0 Å². The Morgan fingerprint density at radius 2 is 1.38 bits per heavy atom. The Kier molecular flexibility index (Phi) is 5.57. The second-order valence-corrected chi connectivity index (χ2v) is 8.22. The molecule has 0 aliphatic heterocycles. The Bertz CT molecular complexity index is 1000. The van der Waals surface area contributed by atoms with E-state index < -0.39 is 0 Å². The van der Waals surface area contributed by atoms with Gasteiger partial charge in [-0.2, -0.15) is 0 Å². The molecule has 0 N–H and O–H groups in total. The maximum Gasteiger partial charge on any atom is 0.212 e. The summed E-state index contributed by atoms with van der Waals surface area (Å²) in [6.07, 6.45) is 13.4. The number of fused-ring (bicyclic) bond motifs is 1. The lowest BCUT2D eigenvalue weighted by molar-refractivity contribution is 0.0974. The number of Topliss-reactive ketones (excluding diaryl/α,β-unsaturated/α-hetero) is 2. The quantitative estimate of drug-likeness (QED) is 0.568. The van der Waals surface area contributed by atoms with E-state index in [-0.39, 0.29) is 17.3 Å². The highest BCUT2D eigenvalue weighted by Crippen LogP contribution is 2.30. The van der Waals surface area contributed by atoms with Crippen molar-refractivity contribution in [3.05, 3.63) is 82.1 Å². The molecule has 1 aromatic rings. The molecule has 0 spiro atoms. The van der Waals surface area contributed by atoms with Crippen LogP contribution in [0.15, 0.2) is 76.0 Å². The number of ketones is 2. The van der Waals surface area contributed by atoms with Crippen molar-refractivity contribution >= 4 is 17.3 Å². The van der Waals surface area contributed by atoms with Gasteiger partial charge in [-0.05, 0) is 69.9 Å². The number of carbonyl (C=O) groups is 2. The molecule has 3 nitrogen and oxygen atoms in total. The van der Waals surface area contributed by atoms with E-state index in [4.69, 9.17) is 4.99 Å². The molecule has 3 heteroatoms. The van der Waals surface area contributed by atoms with E-state index in [9.17, 15) is 9.59 Å². The van der Waals surface area contributed by atoms with E-state index in [1.165, 1.54) is 36.8 Å². The third-order valence-electron chi connectivity index (χ3n) is 6.10. The number of nitrogens with zero attached hydrogens (tertiary/aromatic N) is 1. The molecule has 0 atom stereocenters. The van der Waals surface area contributed by atoms with Gasteiger partial charge >= 0.3 is 0 Å². The fraction of sp³-hybridized carbons (Fsp3) is 0.346. The SMILES string of the molecule is C=C(C=C1CCCC1)C(C=C1CCCC1)=NC1=C(C)C(=O)c2ccccc2C1=O. The first-order chi connectivity index (χ1) is 14.0. The van der Waals surface area contributed by atoms with Gasteiger partial charge in [0.15, 0.2) is 5.78 Å². The number of benzene rings is 1. The van der Waals surface area contributed by atoms with Gasteiger partial charge in [-0.25, -0.2) is 4.99 Å². The zero-order valence-electron chi connectivity index (χ0n) is 17.1. The van der Waals surface area contributed by atoms with Crippen LogP contribution in [0.2, 0.25) is 0 Å². The average molecular weight is 386 g/mol. The van der Waals surface area contributed by atoms with Gasteiger partial charge in [-0.1, -0.05) is 48.1 Å². The van der Waals surface area contributed by atoms with Crippen LogP contribution in [0.4, 0.5) is 0 Å². The van der Waals surface area contributed by atoms with Crippen molar-refractivity contribution in [2.75, 3.05) is 0 Å². The van der Waals surface area contributed by atoms with Crippen LogP contribution in [0.25, 0.3) is 0 Å². The average Bonchev–Trinajstić information content (AvgIpc) is 3.42. The Balaban J connectivity index is 1.77. The highest BCUT2D eigenvalue weighted by atomic mass is 16.1. The molecule has 0 heterocycles. The standard InChI is InChI=1S/C26H27NO2/c1-17(15-19-9-3-4-10-19)23(16-20-11-5-6-12-20)27-24-18(2)25(28)21-13-7-8-14-22(21)26(24)29/h7-8,13-16H,1,3-6,9-12H2,2H3. The predicted molar refractivity (Wildman–Crippen MR) is 117 cm³/mol. The number of hydrogen-bond acceptors (Lipinski definition) is 3. The molecule has 0 amide bonds. The van der Waals surface area contributed by atoms with Crippen molar-refractivity contribution < 1.29 is 9.59 Å². The summed E-state index contributed by atoms with van der Waals surface area (Å²) >= 11 is 0. The monoisotopic (exact) mass is 385 g/mol. The Morgan fingerprint density at radius 1 is 0.862 bits per heavy atom. The summed E-state index contributed by atoms with van der Waals surface area (Å²) in [6, 6.07) is 7.00. The highest BCUT2D eigenvalue weighted by Gasteiger charge is 2.30. The van der Waals surface area contributed by atoms with Crippen molar-refractivity contribution in [2.45, 2.75) is 58.3 Å². The first kappa shape index (κ1) is 19.5. The second-order valence-electron chi connectivity index (χ2n) is 8.22. The highest BCUT2D eigenvalue weighted by molar-refractivity contribution is 6.27. The summed E-state index contributed by atoms with van der Waals surface area (Å²) in [5.74, 6) is -0.298. The van der Waals surface area contributed by atoms with E-state index in [1.807, 2.05) is 0 Å². The van der Waals surface area contributed by atoms with Crippen LogP contribution in [0.3, 0.4) is 0 Å². The third-order valence-corrected chi connectivity index (χ3v) is 6.10. The minimum Gasteiger partial charge on any atom is -0.289 e. The molecule has 2 fully saturated rings. The van der Waals surface area contributed by atoms with Crippen LogP contribution in [-0.2, 0) is 0 Å². The molecular weight excluding hydrogens is 358 g/mol. The molecule has 0 radical (unpaired) electrons. The van der Waals surface area contributed by atoms with E-state index >= 15 is 0 Å². The lowest BCUT2D eigenvalue weighted by Gasteiger charge is -2.17. The molecule has 0 saturated heterocycles. The van der Waals surface area contributed by atoms with Crippen LogP contribution >= 0.6 is 0 Å². The Hall–Kier alpha value is -2.81. The normalized spacial score (nSPS) is 19.7. The fourth-order valence-corrected chi connectivity index (χ4v) is 4.40. The minimum atomic E-state index is -0.179. The van der Waals surface area contributed by atoms with E-state index in [0.29, 0.717) is 16.7 Å². The maximum absolute atomic E-state index is 13.1. The van der Waals surface area contributed by atoms with Gasteiger partial charge in [0.1, 0.15) is 5.70 Å². The van der Waals surface area contributed by atoms with E-state index in [2.05, 4.69) is 18.7 Å². The number of allylic oxidation sites excluding steroid dienone is 7. The molecule has 2 saturated carbocycles. The van der Waals surface area contributed by atoms with Gasteiger partial charge in [-0.3, -0.25) is 9.59 Å². The summed E-state index contributed by atoms with van der Waals surface area (Å²) in [4.78, 5) is 30.7. The predicted octanol–water partition coefficient (Wildman–Crippen LogP) is 6.34. The molecule has 3 aliphatic rings. The van der Waals surface area contributed by atoms with Crippen LogP contribution < -0.4 is 0 Å². The summed E-state index contributed by atoms with van der Waals surface area (Å²) in [5.41, 5.74) is 5.88. The zero-order chi connectivity index (χ0) is 20.4. The molecule has 29 heavy (non-hydrogen) atoms. The molecule has 4 rings (SSSR count). The van der Waals surface area contributed by atoms with Crippen molar-refractivity contribution in [1.29, 1.82) is 0 Å². The summed E-state index contributed by atoms with van der Waals surface area (Å²) in [7, 11) is 0. The lowest BCUT2D eigenvalue weighted by atomic mass is 9.88. The molecule has 0 aromatic heterocycles. The minimum absolute atomic E-state index is 0.119. The van der Waals surface area contributed by atoms with Crippen LogP contribution in [0, 0.1) is 0 Å². The van der Waals surface area contributed by atoms with E-state index in [1.54, 1.807) is 31.2 Å². The summed E-state index contributed by atoms with van der Waals surface area (Å²) in [6.45, 7) is 5.97. The van der Waals surface area contributed by atoms with E-state index in [0.717, 1.165) is 37.0 Å². The fourth-order valence-electron chi connectivity index (χ4n) is 4.40.